The number of unbranched alkanes of at least 4 members (excludes halogenated alkanes) is 1. The fourth-order valence-corrected chi connectivity index (χ4v) is 0.531. The largest absolute Gasteiger partial charge is 0.394 e. The fourth-order valence-electron chi connectivity index (χ4n) is 0.531. The normalized spacial score (nSPS) is 11.7. The molecule has 0 aromatic heterocycles. The van der Waals surface area contributed by atoms with E-state index in [2.05, 4.69) is 18.8 Å². The highest BCUT2D eigenvalue weighted by Crippen LogP contribution is 1.97. The molecule has 0 fully saturated rings. The van der Waals surface area contributed by atoms with Crippen LogP contribution < -0.4 is 0 Å². The lowest BCUT2D eigenvalue weighted by Gasteiger charge is -2.02. The second-order valence-electron chi connectivity index (χ2n) is 1.98. The van der Waals surface area contributed by atoms with Crippen LogP contribution in [0.2, 0.25) is 0 Å². The molecule has 0 aromatic carbocycles. The SMILES string of the molecule is CCCCC(O)CO.OCl. The summed E-state index contributed by atoms with van der Waals surface area (Å²) in [7, 11) is 0. The summed E-state index contributed by atoms with van der Waals surface area (Å²) in [4.78, 5) is 0. The number of rotatable bonds is 4. The van der Waals surface area contributed by atoms with Crippen LogP contribution in [0.4, 0.5) is 0 Å². The first-order valence-electron chi connectivity index (χ1n) is 3.27. The lowest BCUT2D eigenvalue weighted by Crippen LogP contribution is -2.10. The van der Waals surface area contributed by atoms with Crippen molar-refractivity contribution < 1.29 is 14.9 Å². The molecule has 4 heteroatoms. The van der Waals surface area contributed by atoms with Gasteiger partial charge in [-0.1, -0.05) is 19.8 Å². The van der Waals surface area contributed by atoms with E-state index in [-0.39, 0.29) is 6.61 Å². The van der Waals surface area contributed by atoms with Crippen molar-refractivity contribution in [1.29, 1.82) is 0 Å². The average molecular weight is 171 g/mol. The van der Waals surface area contributed by atoms with Crippen molar-refractivity contribution in [1.82, 2.24) is 0 Å². The van der Waals surface area contributed by atoms with Gasteiger partial charge >= 0.3 is 0 Å². The van der Waals surface area contributed by atoms with Crippen LogP contribution in [0, 0.1) is 0 Å². The number of halogens is 1. The third kappa shape index (κ3) is 11.0. The number of aliphatic hydroxyl groups is 2. The average Bonchev–Trinajstić information content (AvgIpc) is 2.04. The quantitative estimate of drug-likeness (QED) is 0.581. The van der Waals surface area contributed by atoms with Gasteiger partial charge in [0, 0.05) is 0 Å². The summed E-state index contributed by atoms with van der Waals surface area (Å²) < 4.78 is 6.47. The Labute approximate surface area is 66.4 Å². The summed E-state index contributed by atoms with van der Waals surface area (Å²) in [6.45, 7) is 1.96. The first-order valence-corrected chi connectivity index (χ1v) is 3.61. The highest BCUT2D eigenvalue weighted by molar-refractivity contribution is 6.04. The topological polar surface area (TPSA) is 60.7 Å². The second-order valence-corrected chi connectivity index (χ2v) is 1.98. The highest BCUT2D eigenvalue weighted by atomic mass is 35.5. The van der Waals surface area contributed by atoms with Crippen LogP contribution >= 0.6 is 11.9 Å². The minimum absolute atomic E-state index is 0.0972. The maximum atomic E-state index is 8.74. The Bertz CT molecular complexity index is 52.3. The van der Waals surface area contributed by atoms with Crippen LogP contribution in [0.5, 0.6) is 0 Å². The summed E-state index contributed by atoms with van der Waals surface area (Å²) in [5.74, 6) is 0. The van der Waals surface area contributed by atoms with Crippen LogP contribution in [0.1, 0.15) is 26.2 Å². The van der Waals surface area contributed by atoms with Crippen molar-refractivity contribution in [2.24, 2.45) is 0 Å². The highest BCUT2D eigenvalue weighted by Gasteiger charge is 1.97. The minimum atomic E-state index is -0.491. The Morgan fingerprint density at radius 3 is 2.20 bits per heavy atom. The predicted molar refractivity (Wildman–Crippen MR) is 40.7 cm³/mol. The van der Waals surface area contributed by atoms with Gasteiger partial charge in [0.1, 0.15) is 0 Å². The van der Waals surface area contributed by atoms with Crippen LogP contribution in [-0.2, 0) is 0 Å². The van der Waals surface area contributed by atoms with E-state index in [1.807, 2.05) is 0 Å². The summed E-state index contributed by atoms with van der Waals surface area (Å²) in [5, 5.41) is 17.1. The zero-order valence-corrected chi connectivity index (χ0v) is 6.88. The third-order valence-corrected chi connectivity index (χ3v) is 1.10. The van der Waals surface area contributed by atoms with Gasteiger partial charge in [0.25, 0.3) is 0 Å². The smallest absolute Gasteiger partial charge is 0.0770 e. The monoisotopic (exact) mass is 170 g/mol. The van der Waals surface area contributed by atoms with E-state index in [1.54, 1.807) is 0 Å². The molecule has 0 saturated heterocycles. The molecule has 0 aromatic rings. The molecule has 3 N–H and O–H groups in total. The molecule has 0 radical (unpaired) electrons. The Morgan fingerprint density at radius 2 is 1.90 bits per heavy atom. The summed E-state index contributed by atoms with van der Waals surface area (Å²) in [6.07, 6.45) is 2.32. The maximum Gasteiger partial charge on any atom is 0.0770 e. The van der Waals surface area contributed by atoms with Gasteiger partial charge in [-0.05, 0) is 6.42 Å². The fraction of sp³-hybridized carbons (Fsp3) is 1.00. The van der Waals surface area contributed by atoms with E-state index >= 15 is 0 Å². The van der Waals surface area contributed by atoms with E-state index in [0.29, 0.717) is 0 Å². The molecule has 0 saturated carbocycles. The molecule has 0 aliphatic carbocycles. The molecule has 10 heavy (non-hydrogen) atoms. The van der Waals surface area contributed by atoms with E-state index in [1.165, 1.54) is 0 Å². The van der Waals surface area contributed by atoms with Crippen LogP contribution in [0.25, 0.3) is 0 Å². The molecule has 64 valence electrons. The molecule has 0 aliphatic heterocycles. The van der Waals surface area contributed by atoms with E-state index < -0.39 is 6.10 Å². The predicted octanol–water partition coefficient (Wildman–Crippen LogP) is 0.662. The molecule has 1 unspecified atom stereocenters. The Hall–Kier alpha value is 0.170. The van der Waals surface area contributed by atoms with E-state index in [9.17, 15) is 0 Å². The zero-order chi connectivity index (χ0) is 8.41. The molecule has 3 nitrogen and oxygen atoms in total. The molecule has 0 aliphatic rings. The van der Waals surface area contributed by atoms with Crippen LogP contribution in [-0.4, -0.2) is 27.6 Å². The van der Waals surface area contributed by atoms with Crippen molar-refractivity contribution in [2.75, 3.05) is 6.61 Å². The van der Waals surface area contributed by atoms with Crippen molar-refractivity contribution in [3.63, 3.8) is 0 Å². The third-order valence-electron chi connectivity index (χ3n) is 1.10. The minimum Gasteiger partial charge on any atom is -0.394 e. The second kappa shape index (κ2) is 11.9. The van der Waals surface area contributed by atoms with Gasteiger partial charge in [-0.3, -0.25) is 4.66 Å². The number of hydrogen-bond acceptors (Lipinski definition) is 3. The van der Waals surface area contributed by atoms with Crippen molar-refractivity contribution in [3.05, 3.63) is 0 Å². The van der Waals surface area contributed by atoms with Crippen LogP contribution in [0.15, 0.2) is 0 Å². The molecule has 0 rings (SSSR count). The van der Waals surface area contributed by atoms with Gasteiger partial charge in [-0.15, -0.1) is 0 Å². The van der Waals surface area contributed by atoms with Gasteiger partial charge < -0.3 is 10.2 Å². The molecular formula is C6H15ClO3. The van der Waals surface area contributed by atoms with Crippen molar-refractivity contribution in [2.45, 2.75) is 32.3 Å². The lowest BCUT2D eigenvalue weighted by atomic mass is 10.2. The van der Waals surface area contributed by atoms with Crippen molar-refractivity contribution in [3.8, 4) is 0 Å². The maximum absolute atomic E-state index is 8.74. The molecule has 0 spiro atoms. The van der Waals surface area contributed by atoms with E-state index in [0.717, 1.165) is 19.3 Å². The Kier molecular flexibility index (Phi) is 15.3. The van der Waals surface area contributed by atoms with Gasteiger partial charge in [-0.25, -0.2) is 0 Å². The summed E-state index contributed by atoms with van der Waals surface area (Å²) in [5.41, 5.74) is 0. The van der Waals surface area contributed by atoms with Gasteiger partial charge in [0.15, 0.2) is 0 Å². The van der Waals surface area contributed by atoms with Gasteiger partial charge in [-0.2, -0.15) is 0 Å². The first kappa shape index (κ1) is 12.8. The van der Waals surface area contributed by atoms with Gasteiger partial charge in [0.2, 0.25) is 0 Å². The zero-order valence-electron chi connectivity index (χ0n) is 6.13. The number of aliphatic hydroxyl groups excluding tert-OH is 2. The molecule has 0 amide bonds. The standard InChI is InChI=1S/C6H14O2.ClHO/c1-2-3-4-6(8)5-7;1-2/h6-8H,2-5H2,1H3;2H. The molecule has 0 bridgehead atoms. The van der Waals surface area contributed by atoms with Crippen molar-refractivity contribution >= 4 is 11.9 Å². The molecule has 0 heterocycles. The first-order chi connectivity index (χ1) is 4.81. The summed E-state index contributed by atoms with van der Waals surface area (Å²) >= 11 is 3.64. The Morgan fingerprint density at radius 1 is 1.40 bits per heavy atom. The molecule has 1 atom stereocenters. The van der Waals surface area contributed by atoms with Crippen LogP contribution in [0.3, 0.4) is 0 Å². The van der Waals surface area contributed by atoms with Gasteiger partial charge in [0.05, 0.1) is 24.6 Å². The Balaban J connectivity index is 0. The molecular weight excluding hydrogens is 156 g/mol. The number of hydrogen-bond donors (Lipinski definition) is 3. The van der Waals surface area contributed by atoms with E-state index in [4.69, 9.17) is 14.9 Å². The lowest BCUT2D eigenvalue weighted by molar-refractivity contribution is 0.0865. The summed E-state index contributed by atoms with van der Waals surface area (Å²) in [6, 6.07) is 0.